The van der Waals surface area contributed by atoms with Crippen molar-refractivity contribution in [3.05, 3.63) is 70.9 Å². The average molecular weight is 401 g/mol. The van der Waals surface area contributed by atoms with E-state index in [-0.39, 0.29) is 24.0 Å². The lowest BCUT2D eigenvalue weighted by Crippen LogP contribution is -2.53. The number of rotatable bonds is 3. The summed E-state index contributed by atoms with van der Waals surface area (Å²) in [5.41, 5.74) is 4.85. The van der Waals surface area contributed by atoms with Crippen LogP contribution in [0.1, 0.15) is 46.1 Å². The normalized spacial score (nSPS) is 24.6. The summed E-state index contributed by atoms with van der Waals surface area (Å²) in [6, 6.07) is 15.1. The number of hydrogen-bond donors (Lipinski definition) is 2. The monoisotopic (exact) mass is 401 g/mol. The maximum atomic E-state index is 13.3. The summed E-state index contributed by atoms with van der Waals surface area (Å²) in [5.74, 6) is -0.176. The van der Waals surface area contributed by atoms with Gasteiger partial charge in [0.25, 0.3) is 5.91 Å². The number of hydrogen-bond acceptors (Lipinski definition) is 3. The van der Waals surface area contributed by atoms with E-state index in [2.05, 4.69) is 16.4 Å². The molecule has 0 aliphatic carbocycles. The largest absolute Gasteiger partial charge is 0.376 e. The molecule has 3 aliphatic heterocycles. The molecule has 3 aliphatic rings. The summed E-state index contributed by atoms with van der Waals surface area (Å²) >= 11 is 0. The molecular formula is C24H23N3O3. The van der Waals surface area contributed by atoms with Crippen molar-refractivity contribution in [3.63, 3.8) is 0 Å². The number of H-pyrrole nitrogens is 1. The van der Waals surface area contributed by atoms with Crippen LogP contribution in [0.25, 0.3) is 10.9 Å². The highest BCUT2D eigenvalue weighted by molar-refractivity contribution is 6.03. The van der Waals surface area contributed by atoms with Crippen LogP contribution in [0, 0.1) is 0 Å². The van der Waals surface area contributed by atoms with Gasteiger partial charge in [-0.1, -0.05) is 36.4 Å². The number of fused-ring (bicyclic) bond motifs is 7. The lowest BCUT2D eigenvalue weighted by Gasteiger charge is -2.37. The van der Waals surface area contributed by atoms with E-state index in [4.69, 9.17) is 4.74 Å². The quantitative estimate of drug-likeness (QED) is 0.709. The molecule has 0 radical (unpaired) electrons. The highest BCUT2D eigenvalue weighted by Gasteiger charge is 2.48. The van der Waals surface area contributed by atoms with Crippen molar-refractivity contribution in [2.24, 2.45) is 0 Å². The molecule has 2 aromatic carbocycles. The first-order chi connectivity index (χ1) is 14.7. The number of amides is 2. The van der Waals surface area contributed by atoms with E-state index in [1.54, 1.807) is 4.90 Å². The molecule has 1 aromatic heterocycles. The van der Waals surface area contributed by atoms with Crippen LogP contribution >= 0.6 is 0 Å². The van der Waals surface area contributed by atoms with Crippen LogP contribution in [0.5, 0.6) is 0 Å². The molecule has 1 saturated heterocycles. The third-order valence-corrected chi connectivity index (χ3v) is 6.68. The van der Waals surface area contributed by atoms with E-state index in [1.807, 2.05) is 42.5 Å². The van der Waals surface area contributed by atoms with Crippen molar-refractivity contribution < 1.29 is 14.3 Å². The van der Waals surface area contributed by atoms with Crippen LogP contribution < -0.4 is 5.32 Å². The minimum atomic E-state index is -0.539. The molecule has 3 aromatic rings. The van der Waals surface area contributed by atoms with Gasteiger partial charge in [-0.25, -0.2) is 0 Å². The molecule has 0 spiro atoms. The van der Waals surface area contributed by atoms with Gasteiger partial charge in [0.1, 0.15) is 6.04 Å². The molecular weight excluding hydrogens is 378 g/mol. The molecule has 0 bridgehead atoms. The van der Waals surface area contributed by atoms with Gasteiger partial charge in [0.2, 0.25) is 5.91 Å². The van der Waals surface area contributed by atoms with Crippen molar-refractivity contribution in [2.75, 3.05) is 13.2 Å². The van der Waals surface area contributed by atoms with Gasteiger partial charge in [-0.2, -0.15) is 0 Å². The van der Waals surface area contributed by atoms with E-state index in [1.165, 1.54) is 0 Å². The van der Waals surface area contributed by atoms with Crippen molar-refractivity contribution in [1.82, 2.24) is 15.2 Å². The van der Waals surface area contributed by atoms with Crippen LogP contribution in [-0.2, 0) is 16.0 Å². The number of aromatic amines is 1. The van der Waals surface area contributed by atoms with Crippen LogP contribution in [0.2, 0.25) is 0 Å². The third kappa shape index (κ3) is 2.53. The standard InChI is InChI=1S/C24H23N3O3/c28-23(25-13-14-6-5-11-30-14)20-12-18-15-7-3-4-10-19(15)26-21(18)22-16-8-1-2-9-17(16)24(29)27(20)22/h1-4,7-10,14,20,22,26H,5-6,11-13H2,(H,25,28)/t14-,20+,22+/m0/s1. The van der Waals surface area contributed by atoms with E-state index in [9.17, 15) is 9.59 Å². The average Bonchev–Trinajstić information content (AvgIpc) is 3.49. The fraction of sp³-hybridized carbons (Fsp3) is 0.333. The molecule has 6 rings (SSSR count). The lowest BCUT2D eigenvalue weighted by atomic mass is 9.90. The molecule has 1 fully saturated rings. The Hall–Kier alpha value is -3.12. The van der Waals surface area contributed by atoms with Gasteiger partial charge in [0.15, 0.2) is 0 Å². The first kappa shape index (κ1) is 17.7. The second-order valence-electron chi connectivity index (χ2n) is 8.37. The Bertz CT molecular complexity index is 1160. The predicted molar refractivity (Wildman–Crippen MR) is 112 cm³/mol. The number of nitrogens with zero attached hydrogens (tertiary/aromatic N) is 1. The SMILES string of the molecule is O=C(NC[C@@H]1CCCO1)[C@H]1Cc2c([nH]c3ccccc23)[C@H]2c3ccccc3C(=O)N21. The van der Waals surface area contributed by atoms with Gasteiger partial charge in [0, 0.05) is 41.7 Å². The number of para-hydroxylation sites is 1. The smallest absolute Gasteiger partial charge is 0.255 e. The van der Waals surface area contributed by atoms with E-state index < -0.39 is 6.04 Å². The second-order valence-corrected chi connectivity index (χ2v) is 8.37. The highest BCUT2D eigenvalue weighted by Crippen LogP contribution is 2.46. The topological polar surface area (TPSA) is 74.4 Å². The van der Waals surface area contributed by atoms with Gasteiger partial charge in [-0.3, -0.25) is 9.59 Å². The van der Waals surface area contributed by atoms with Crippen LogP contribution in [0.3, 0.4) is 0 Å². The summed E-state index contributed by atoms with van der Waals surface area (Å²) in [7, 11) is 0. The molecule has 3 atom stereocenters. The number of carbonyl (C=O) groups excluding carboxylic acids is 2. The van der Waals surface area contributed by atoms with Crippen LogP contribution in [0.15, 0.2) is 48.5 Å². The number of benzene rings is 2. The lowest BCUT2D eigenvalue weighted by molar-refractivity contribution is -0.126. The molecule has 0 saturated carbocycles. The molecule has 30 heavy (non-hydrogen) atoms. The maximum Gasteiger partial charge on any atom is 0.255 e. The molecule has 0 unspecified atom stereocenters. The Labute approximate surface area is 174 Å². The van der Waals surface area contributed by atoms with Crippen molar-refractivity contribution in [1.29, 1.82) is 0 Å². The Morgan fingerprint density at radius 1 is 1.17 bits per heavy atom. The minimum absolute atomic E-state index is 0.0721. The zero-order valence-corrected chi connectivity index (χ0v) is 16.6. The minimum Gasteiger partial charge on any atom is -0.376 e. The fourth-order valence-electron chi connectivity index (χ4n) is 5.27. The molecule has 2 N–H and O–H groups in total. The van der Waals surface area contributed by atoms with Crippen LogP contribution in [0.4, 0.5) is 0 Å². The van der Waals surface area contributed by atoms with Gasteiger partial charge < -0.3 is 19.9 Å². The zero-order chi connectivity index (χ0) is 20.2. The first-order valence-corrected chi connectivity index (χ1v) is 10.6. The number of ether oxygens (including phenoxy) is 1. The zero-order valence-electron chi connectivity index (χ0n) is 16.6. The molecule has 152 valence electrons. The van der Waals surface area contributed by atoms with Gasteiger partial charge in [-0.05, 0) is 36.1 Å². The summed E-state index contributed by atoms with van der Waals surface area (Å²) < 4.78 is 5.65. The highest BCUT2D eigenvalue weighted by atomic mass is 16.5. The molecule has 6 nitrogen and oxygen atoms in total. The molecule has 2 amide bonds. The number of carbonyl (C=O) groups is 2. The van der Waals surface area contributed by atoms with Crippen LogP contribution in [-0.4, -0.2) is 47.0 Å². The molecule has 4 heterocycles. The maximum absolute atomic E-state index is 13.3. The Kier molecular flexibility index (Phi) is 3.96. The van der Waals surface area contributed by atoms with Gasteiger partial charge in [-0.15, -0.1) is 0 Å². The Morgan fingerprint density at radius 2 is 2.00 bits per heavy atom. The van der Waals surface area contributed by atoms with Gasteiger partial charge in [0.05, 0.1) is 12.1 Å². The summed E-state index contributed by atoms with van der Waals surface area (Å²) in [4.78, 5) is 31.9. The van der Waals surface area contributed by atoms with E-state index in [0.717, 1.165) is 47.2 Å². The van der Waals surface area contributed by atoms with E-state index >= 15 is 0 Å². The Morgan fingerprint density at radius 3 is 2.87 bits per heavy atom. The van der Waals surface area contributed by atoms with Crippen molar-refractivity contribution >= 4 is 22.7 Å². The van der Waals surface area contributed by atoms with Crippen molar-refractivity contribution in [2.45, 2.75) is 37.5 Å². The van der Waals surface area contributed by atoms with E-state index in [0.29, 0.717) is 18.5 Å². The fourth-order valence-corrected chi connectivity index (χ4v) is 5.27. The number of aromatic nitrogens is 1. The summed E-state index contributed by atoms with van der Waals surface area (Å²) in [6.45, 7) is 1.25. The Balaban J connectivity index is 1.43. The summed E-state index contributed by atoms with van der Waals surface area (Å²) in [6.07, 6.45) is 2.58. The number of nitrogens with one attached hydrogen (secondary N) is 2. The molecule has 6 heteroatoms. The second kappa shape index (κ2) is 6.71. The third-order valence-electron chi connectivity index (χ3n) is 6.68. The summed E-state index contributed by atoms with van der Waals surface area (Å²) in [5, 5.41) is 4.18. The van der Waals surface area contributed by atoms with Crippen molar-refractivity contribution in [3.8, 4) is 0 Å². The first-order valence-electron chi connectivity index (χ1n) is 10.6. The predicted octanol–water partition coefficient (Wildman–Crippen LogP) is 2.93. The van der Waals surface area contributed by atoms with Gasteiger partial charge >= 0.3 is 0 Å².